The Balaban J connectivity index is 1.92. The van der Waals surface area contributed by atoms with Gasteiger partial charge in [0.25, 0.3) is 0 Å². The topological polar surface area (TPSA) is 49.2 Å². The Morgan fingerprint density at radius 2 is 1.81 bits per heavy atom. The summed E-state index contributed by atoms with van der Waals surface area (Å²) in [5.74, 6) is 0.856. The molecule has 5 nitrogen and oxygen atoms in total. The average Bonchev–Trinajstić information content (AvgIpc) is 3.15. The van der Waals surface area contributed by atoms with Gasteiger partial charge in [-0.2, -0.15) is 5.10 Å². The van der Waals surface area contributed by atoms with Gasteiger partial charge in [0.2, 0.25) is 0 Å². The molecule has 0 amide bonds. The predicted molar refractivity (Wildman–Crippen MR) is 102 cm³/mol. The molecule has 0 aliphatic carbocycles. The molecule has 4 rings (SSSR count). The number of fused-ring (bicyclic) bond motifs is 1. The molecule has 0 N–H and O–H groups in total. The molecule has 3 aromatic rings. The zero-order chi connectivity index (χ0) is 18.4. The molecule has 1 aliphatic rings. The van der Waals surface area contributed by atoms with Crippen LogP contribution in [-0.4, -0.2) is 34.1 Å². The van der Waals surface area contributed by atoms with Gasteiger partial charge in [-0.05, 0) is 45.7 Å². The van der Waals surface area contributed by atoms with Crippen molar-refractivity contribution in [3.05, 3.63) is 46.3 Å². The number of hydrogen-bond donors (Lipinski definition) is 0. The highest BCUT2D eigenvalue weighted by Crippen LogP contribution is 2.33. The molecule has 5 heteroatoms. The molecule has 1 unspecified atom stereocenters. The Labute approximate surface area is 154 Å². The van der Waals surface area contributed by atoms with E-state index in [-0.39, 0.29) is 6.10 Å². The first-order valence-electron chi connectivity index (χ1n) is 9.13. The molecule has 1 aliphatic heterocycles. The van der Waals surface area contributed by atoms with E-state index < -0.39 is 0 Å². The summed E-state index contributed by atoms with van der Waals surface area (Å²) in [5.41, 5.74) is 7.46. The Morgan fingerprint density at radius 1 is 1.08 bits per heavy atom. The van der Waals surface area contributed by atoms with Crippen LogP contribution in [-0.2, 0) is 4.74 Å². The zero-order valence-corrected chi connectivity index (χ0v) is 16.1. The summed E-state index contributed by atoms with van der Waals surface area (Å²) < 4.78 is 13.7. The largest absolute Gasteiger partial charge is 0.487 e. The second-order valence-corrected chi connectivity index (χ2v) is 7.31. The standard InChI is InChI=1S/C21H25N3O2/c1-12-8-13(2)20(14(3)9-12)24-21-19(16(5)23-24)18(10-15(4)22-21)26-17-6-7-25-11-17/h8-10,17H,6-7,11H2,1-5H3. The first-order valence-corrected chi connectivity index (χ1v) is 9.13. The molecule has 1 saturated heterocycles. The van der Waals surface area contributed by atoms with E-state index in [0.29, 0.717) is 6.61 Å². The third-order valence-electron chi connectivity index (χ3n) is 4.93. The van der Waals surface area contributed by atoms with E-state index >= 15 is 0 Å². The smallest absolute Gasteiger partial charge is 0.167 e. The summed E-state index contributed by atoms with van der Waals surface area (Å²) in [6.45, 7) is 11.8. The van der Waals surface area contributed by atoms with Crippen LogP contribution in [0.5, 0.6) is 5.75 Å². The van der Waals surface area contributed by atoms with Crippen LogP contribution in [0.2, 0.25) is 0 Å². The maximum Gasteiger partial charge on any atom is 0.167 e. The van der Waals surface area contributed by atoms with Crippen molar-refractivity contribution >= 4 is 11.0 Å². The van der Waals surface area contributed by atoms with Crippen LogP contribution >= 0.6 is 0 Å². The maximum absolute atomic E-state index is 6.26. The van der Waals surface area contributed by atoms with Gasteiger partial charge < -0.3 is 9.47 Å². The van der Waals surface area contributed by atoms with Crippen molar-refractivity contribution in [1.82, 2.24) is 14.8 Å². The van der Waals surface area contributed by atoms with Crippen molar-refractivity contribution in [1.29, 1.82) is 0 Å². The predicted octanol–water partition coefficient (Wildman–Crippen LogP) is 4.13. The minimum atomic E-state index is 0.102. The molecule has 0 saturated carbocycles. The van der Waals surface area contributed by atoms with E-state index in [1.54, 1.807) is 0 Å². The quantitative estimate of drug-likeness (QED) is 0.712. The van der Waals surface area contributed by atoms with E-state index in [1.165, 1.54) is 16.7 Å². The fraction of sp³-hybridized carbons (Fsp3) is 0.429. The second kappa shape index (κ2) is 6.40. The second-order valence-electron chi connectivity index (χ2n) is 7.31. The van der Waals surface area contributed by atoms with Gasteiger partial charge in [-0.15, -0.1) is 0 Å². The first-order chi connectivity index (χ1) is 12.4. The third kappa shape index (κ3) is 2.86. The lowest BCUT2D eigenvalue weighted by molar-refractivity contribution is 0.142. The van der Waals surface area contributed by atoms with Crippen molar-refractivity contribution in [2.24, 2.45) is 0 Å². The van der Waals surface area contributed by atoms with Gasteiger partial charge >= 0.3 is 0 Å². The highest BCUT2D eigenvalue weighted by molar-refractivity contribution is 5.87. The SMILES string of the molecule is Cc1cc(C)c(-n2nc(C)c3c(OC4CCOC4)cc(C)nc32)c(C)c1. The lowest BCUT2D eigenvalue weighted by Crippen LogP contribution is -2.16. The van der Waals surface area contributed by atoms with Gasteiger partial charge in [0, 0.05) is 18.2 Å². The van der Waals surface area contributed by atoms with E-state index in [4.69, 9.17) is 19.6 Å². The zero-order valence-electron chi connectivity index (χ0n) is 16.1. The molecule has 1 aromatic carbocycles. The molecule has 1 atom stereocenters. The average molecular weight is 351 g/mol. The lowest BCUT2D eigenvalue weighted by Gasteiger charge is -2.15. The number of aryl methyl sites for hydroxylation is 5. The van der Waals surface area contributed by atoms with Crippen molar-refractivity contribution in [3.8, 4) is 11.4 Å². The van der Waals surface area contributed by atoms with E-state index in [9.17, 15) is 0 Å². The van der Waals surface area contributed by atoms with Crippen molar-refractivity contribution in [3.63, 3.8) is 0 Å². The monoisotopic (exact) mass is 351 g/mol. The van der Waals surface area contributed by atoms with E-state index in [2.05, 4.69) is 32.9 Å². The minimum Gasteiger partial charge on any atom is -0.487 e. The summed E-state index contributed by atoms with van der Waals surface area (Å²) in [5, 5.41) is 5.82. The van der Waals surface area contributed by atoms with Crippen molar-refractivity contribution < 1.29 is 9.47 Å². The van der Waals surface area contributed by atoms with Gasteiger partial charge in [-0.25, -0.2) is 9.67 Å². The third-order valence-corrected chi connectivity index (χ3v) is 4.93. The summed E-state index contributed by atoms with van der Waals surface area (Å²) in [6, 6.07) is 6.39. The highest BCUT2D eigenvalue weighted by Gasteiger charge is 2.22. The summed E-state index contributed by atoms with van der Waals surface area (Å²) in [7, 11) is 0. The van der Waals surface area contributed by atoms with Gasteiger partial charge in [-0.1, -0.05) is 17.7 Å². The van der Waals surface area contributed by atoms with Crippen LogP contribution in [0.25, 0.3) is 16.7 Å². The highest BCUT2D eigenvalue weighted by atomic mass is 16.5. The minimum absolute atomic E-state index is 0.102. The van der Waals surface area contributed by atoms with Crippen molar-refractivity contribution in [2.75, 3.05) is 13.2 Å². The molecule has 0 spiro atoms. The van der Waals surface area contributed by atoms with Crippen LogP contribution in [0.4, 0.5) is 0 Å². The molecule has 136 valence electrons. The summed E-state index contributed by atoms with van der Waals surface area (Å²) in [4.78, 5) is 4.80. The molecular formula is C21H25N3O2. The lowest BCUT2D eigenvalue weighted by atomic mass is 10.1. The number of aromatic nitrogens is 3. The van der Waals surface area contributed by atoms with Gasteiger partial charge in [0.05, 0.1) is 30.0 Å². The molecule has 1 fully saturated rings. The Kier molecular flexibility index (Phi) is 4.19. The maximum atomic E-state index is 6.26. The number of pyridine rings is 1. The van der Waals surface area contributed by atoms with E-state index in [1.807, 2.05) is 24.6 Å². The number of rotatable bonds is 3. The normalized spacial score (nSPS) is 17.2. The number of benzene rings is 1. The van der Waals surface area contributed by atoms with Gasteiger partial charge in [-0.3, -0.25) is 0 Å². The summed E-state index contributed by atoms with van der Waals surface area (Å²) >= 11 is 0. The fourth-order valence-corrected chi connectivity index (χ4v) is 3.91. The Hall–Kier alpha value is -2.40. The Morgan fingerprint density at radius 3 is 2.46 bits per heavy atom. The number of hydrogen-bond acceptors (Lipinski definition) is 4. The number of ether oxygens (including phenoxy) is 2. The molecule has 2 aromatic heterocycles. The summed E-state index contributed by atoms with van der Waals surface area (Å²) in [6.07, 6.45) is 1.03. The van der Waals surface area contributed by atoms with Crippen LogP contribution in [0.3, 0.4) is 0 Å². The fourth-order valence-electron chi connectivity index (χ4n) is 3.91. The number of nitrogens with zero attached hydrogens (tertiary/aromatic N) is 3. The Bertz CT molecular complexity index is 962. The molecule has 26 heavy (non-hydrogen) atoms. The molecule has 0 radical (unpaired) electrons. The van der Waals surface area contributed by atoms with E-state index in [0.717, 1.165) is 46.9 Å². The van der Waals surface area contributed by atoms with Crippen LogP contribution in [0, 0.1) is 34.6 Å². The van der Waals surface area contributed by atoms with Crippen molar-refractivity contribution in [2.45, 2.75) is 47.1 Å². The van der Waals surface area contributed by atoms with Crippen LogP contribution < -0.4 is 4.74 Å². The first kappa shape index (κ1) is 17.0. The molecule has 0 bridgehead atoms. The van der Waals surface area contributed by atoms with Crippen LogP contribution in [0.1, 0.15) is 34.5 Å². The van der Waals surface area contributed by atoms with Gasteiger partial charge in [0.15, 0.2) is 5.65 Å². The van der Waals surface area contributed by atoms with Crippen LogP contribution in [0.15, 0.2) is 18.2 Å². The van der Waals surface area contributed by atoms with Gasteiger partial charge in [0.1, 0.15) is 11.9 Å². The molecular weight excluding hydrogens is 326 g/mol. The molecule has 3 heterocycles.